The fourth-order valence-corrected chi connectivity index (χ4v) is 2.93. The lowest BCUT2D eigenvalue weighted by atomic mass is 9.77. The van der Waals surface area contributed by atoms with E-state index in [1.165, 1.54) is 6.07 Å². The van der Waals surface area contributed by atoms with Gasteiger partial charge in [-0.3, -0.25) is 14.9 Å². The van der Waals surface area contributed by atoms with Crippen molar-refractivity contribution in [3.05, 3.63) is 39.4 Å². The normalized spacial score (nSPS) is 17.3. The van der Waals surface area contributed by atoms with Crippen molar-refractivity contribution >= 4 is 11.6 Å². The highest BCUT2D eigenvalue weighted by Gasteiger charge is 2.34. The van der Waals surface area contributed by atoms with E-state index in [1.54, 1.807) is 24.0 Å². The van der Waals surface area contributed by atoms with Crippen LogP contribution in [0.1, 0.15) is 42.1 Å². The Balaban J connectivity index is 2.13. The van der Waals surface area contributed by atoms with E-state index in [0.29, 0.717) is 24.2 Å². The molecule has 1 aromatic carbocycles. The molecule has 0 saturated carbocycles. The lowest BCUT2D eigenvalue weighted by molar-refractivity contribution is -0.385. The first kappa shape index (κ1) is 16.4. The minimum Gasteiger partial charge on any atom is -0.396 e. The summed E-state index contributed by atoms with van der Waals surface area (Å²) in [4.78, 5) is 24.8. The summed E-state index contributed by atoms with van der Waals surface area (Å²) in [5, 5.41) is 20.5. The van der Waals surface area contributed by atoms with Crippen LogP contribution in [-0.4, -0.2) is 40.5 Å². The summed E-state index contributed by atoms with van der Waals surface area (Å²) in [7, 11) is 0. The van der Waals surface area contributed by atoms with Crippen molar-refractivity contribution in [2.75, 3.05) is 19.7 Å². The van der Waals surface area contributed by atoms with Gasteiger partial charge in [-0.05, 0) is 37.7 Å². The molecule has 0 aliphatic carbocycles. The van der Waals surface area contributed by atoms with Crippen LogP contribution in [0.15, 0.2) is 18.2 Å². The number of nitro groups is 1. The Bertz CT molecular complexity index is 572. The second-order valence-corrected chi connectivity index (χ2v) is 6.06. The molecule has 120 valence electrons. The predicted octanol–water partition coefficient (Wildman–Crippen LogP) is 2.53. The average Bonchev–Trinajstić information content (AvgIpc) is 2.54. The van der Waals surface area contributed by atoms with Crippen LogP contribution in [0.5, 0.6) is 0 Å². The predicted molar refractivity (Wildman–Crippen MR) is 82.8 cm³/mol. The lowest BCUT2D eigenvalue weighted by Gasteiger charge is -2.40. The Morgan fingerprint density at radius 3 is 2.55 bits per heavy atom. The van der Waals surface area contributed by atoms with E-state index < -0.39 is 4.92 Å². The fourth-order valence-electron chi connectivity index (χ4n) is 2.93. The largest absolute Gasteiger partial charge is 0.396 e. The molecular weight excluding hydrogens is 284 g/mol. The highest BCUT2D eigenvalue weighted by Crippen LogP contribution is 2.34. The summed E-state index contributed by atoms with van der Waals surface area (Å²) in [6.45, 7) is 5.01. The van der Waals surface area contributed by atoms with Gasteiger partial charge in [-0.2, -0.15) is 0 Å². The number of nitrogens with zero attached hydrogens (tertiary/aromatic N) is 2. The summed E-state index contributed by atoms with van der Waals surface area (Å²) in [6.07, 6.45) is 2.42. The molecule has 1 fully saturated rings. The zero-order valence-electron chi connectivity index (χ0n) is 13.0. The average molecular weight is 306 g/mol. The number of aliphatic hydroxyl groups excluding tert-OH is 1. The Labute approximate surface area is 129 Å². The second kappa shape index (κ2) is 6.44. The molecule has 6 heteroatoms. The van der Waals surface area contributed by atoms with Gasteiger partial charge in [-0.15, -0.1) is 0 Å². The molecule has 0 unspecified atom stereocenters. The van der Waals surface area contributed by atoms with E-state index in [4.69, 9.17) is 0 Å². The molecule has 1 aliphatic rings. The van der Waals surface area contributed by atoms with Gasteiger partial charge in [0.15, 0.2) is 0 Å². The summed E-state index contributed by atoms with van der Waals surface area (Å²) in [6, 6.07) is 4.60. The topological polar surface area (TPSA) is 83.7 Å². The summed E-state index contributed by atoms with van der Waals surface area (Å²) in [5.41, 5.74) is 0.785. The number of piperidine rings is 1. The van der Waals surface area contributed by atoms with Crippen LogP contribution in [-0.2, 0) is 0 Å². The quantitative estimate of drug-likeness (QED) is 0.684. The molecule has 1 amide bonds. The molecule has 1 aromatic rings. The number of nitro benzene ring substituents is 1. The zero-order valence-corrected chi connectivity index (χ0v) is 13.0. The Kier molecular flexibility index (Phi) is 4.81. The number of aryl methyl sites for hydroxylation is 1. The lowest BCUT2D eigenvalue weighted by Crippen LogP contribution is -2.44. The molecule has 1 N–H and O–H groups in total. The van der Waals surface area contributed by atoms with Gasteiger partial charge in [0.2, 0.25) is 0 Å². The summed E-state index contributed by atoms with van der Waals surface area (Å²) >= 11 is 0. The number of hydrogen-bond donors (Lipinski definition) is 1. The standard InChI is InChI=1S/C16H22N2O4/c1-3-16(11-19)6-8-17(9-7-16)15(20)13-5-4-12(2)14(10-13)18(21)22/h4-5,10,19H,3,6-9,11H2,1-2H3. The highest BCUT2D eigenvalue weighted by molar-refractivity contribution is 5.95. The zero-order chi connectivity index (χ0) is 16.3. The van der Waals surface area contributed by atoms with Gasteiger partial charge in [0, 0.05) is 36.9 Å². The molecule has 0 spiro atoms. The van der Waals surface area contributed by atoms with Crippen LogP contribution in [0.3, 0.4) is 0 Å². The molecular formula is C16H22N2O4. The van der Waals surface area contributed by atoms with E-state index in [9.17, 15) is 20.0 Å². The van der Waals surface area contributed by atoms with Crippen LogP contribution in [0.2, 0.25) is 0 Å². The maximum Gasteiger partial charge on any atom is 0.273 e. The highest BCUT2D eigenvalue weighted by atomic mass is 16.6. The smallest absolute Gasteiger partial charge is 0.273 e. The van der Waals surface area contributed by atoms with Gasteiger partial charge in [-0.1, -0.05) is 13.0 Å². The number of rotatable bonds is 4. The van der Waals surface area contributed by atoms with Crippen molar-refractivity contribution in [1.29, 1.82) is 0 Å². The van der Waals surface area contributed by atoms with Crippen molar-refractivity contribution < 1.29 is 14.8 Å². The van der Waals surface area contributed by atoms with Gasteiger partial charge in [0.25, 0.3) is 11.6 Å². The van der Waals surface area contributed by atoms with Crippen molar-refractivity contribution in [3.63, 3.8) is 0 Å². The fraction of sp³-hybridized carbons (Fsp3) is 0.562. The number of carbonyl (C=O) groups excluding carboxylic acids is 1. The van der Waals surface area contributed by atoms with Gasteiger partial charge < -0.3 is 10.0 Å². The number of likely N-dealkylation sites (tertiary alicyclic amines) is 1. The maximum atomic E-state index is 12.5. The SMILES string of the molecule is CCC1(CO)CCN(C(=O)c2ccc(C)c([N+](=O)[O-])c2)CC1. The number of aliphatic hydroxyl groups is 1. The first-order chi connectivity index (χ1) is 10.4. The molecule has 6 nitrogen and oxygen atoms in total. The van der Waals surface area contributed by atoms with Crippen molar-refractivity contribution in [2.24, 2.45) is 5.41 Å². The van der Waals surface area contributed by atoms with E-state index in [1.807, 2.05) is 0 Å². The molecule has 0 atom stereocenters. The third kappa shape index (κ3) is 3.11. The summed E-state index contributed by atoms with van der Waals surface area (Å²) < 4.78 is 0. The number of hydrogen-bond acceptors (Lipinski definition) is 4. The van der Waals surface area contributed by atoms with E-state index >= 15 is 0 Å². The third-order valence-electron chi connectivity index (χ3n) is 4.85. The third-order valence-corrected chi connectivity index (χ3v) is 4.85. The van der Waals surface area contributed by atoms with Crippen molar-refractivity contribution in [3.8, 4) is 0 Å². The second-order valence-electron chi connectivity index (χ2n) is 6.06. The molecule has 1 heterocycles. The Hall–Kier alpha value is -1.95. The van der Waals surface area contributed by atoms with Crippen LogP contribution in [0.25, 0.3) is 0 Å². The minimum absolute atomic E-state index is 0.0267. The molecule has 22 heavy (non-hydrogen) atoms. The van der Waals surface area contributed by atoms with Crippen molar-refractivity contribution in [2.45, 2.75) is 33.1 Å². The van der Waals surface area contributed by atoms with Crippen molar-refractivity contribution in [1.82, 2.24) is 4.90 Å². The first-order valence-corrected chi connectivity index (χ1v) is 7.57. The van der Waals surface area contributed by atoms with Gasteiger partial charge >= 0.3 is 0 Å². The van der Waals surface area contributed by atoms with Crippen LogP contribution in [0.4, 0.5) is 5.69 Å². The van der Waals surface area contributed by atoms with Crippen LogP contribution >= 0.6 is 0 Å². The molecule has 1 aliphatic heterocycles. The number of carbonyl (C=O) groups is 1. The van der Waals surface area contributed by atoms with Gasteiger partial charge in [-0.25, -0.2) is 0 Å². The molecule has 0 bridgehead atoms. The maximum absolute atomic E-state index is 12.5. The minimum atomic E-state index is -0.462. The van der Waals surface area contributed by atoms with Gasteiger partial charge in [0.1, 0.15) is 0 Å². The molecule has 2 rings (SSSR count). The van der Waals surface area contributed by atoms with Gasteiger partial charge in [0.05, 0.1) is 4.92 Å². The molecule has 0 aromatic heterocycles. The Morgan fingerprint density at radius 2 is 2.05 bits per heavy atom. The Morgan fingerprint density at radius 1 is 1.41 bits per heavy atom. The van der Waals surface area contributed by atoms with E-state index in [2.05, 4.69) is 6.92 Å². The molecule has 0 radical (unpaired) electrons. The summed E-state index contributed by atoms with van der Waals surface area (Å²) in [5.74, 6) is -0.175. The van der Waals surface area contributed by atoms with E-state index in [0.717, 1.165) is 19.3 Å². The van der Waals surface area contributed by atoms with Crippen LogP contribution in [0, 0.1) is 22.5 Å². The molecule has 1 saturated heterocycles. The first-order valence-electron chi connectivity index (χ1n) is 7.57. The van der Waals surface area contributed by atoms with E-state index in [-0.39, 0.29) is 23.6 Å². The monoisotopic (exact) mass is 306 g/mol. The number of benzene rings is 1. The van der Waals surface area contributed by atoms with Crippen LogP contribution < -0.4 is 0 Å². The number of amides is 1.